The number of aliphatic hydroxyl groups is 2. The van der Waals surface area contributed by atoms with E-state index in [1.807, 2.05) is 6.92 Å². The first-order valence-corrected chi connectivity index (χ1v) is 6.44. The third-order valence-corrected chi connectivity index (χ3v) is 2.78. The molecule has 0 fully saturated rings. The lowest BCUT2D eigenvalue weighted by molar-refractivity contribution is 0.284. The van der Waals surface area contributed by atoms with Gasteiger partial charge in [0.2, 0.25) is 0 Å². The predicted octanol–water partition coefficient (Wildman–Crippen LogP) is 2.02. The Labute approximate surface area is 104 Å². The third-order valence-electron chi connectivity index (χ3n) is 2.78. The fourth-order valence-corrected chi connectivity index (χ4v) is 1.95. The van der Waals surface area contributed by atoms with Gasteiger partial charge in [0.05, 0.1) is 0 Å². The topological polar surface area (TPSA) is 53.4 Å². The Kier molecular flexibility index (Phi) is 6.82. The van der Waals surface area contributed by atoms with Gasteiger partial charge in [0.25, 0.3) is 0 Å². The van der Waals surface area contributed by atoms with Gasteiger partial charge in [-0.25, -0.2) is 0 Å². The van der Waals surface area contributed by atoms with Crippen molar-refractivity contribution >= 4 is 0 Å². The molecule has 0 amide bonds. The largest absolute Gasteiger partial charge is 0.396 e. The lowest BCUT2D eigenvalue weighted by Crippen LogP contribution is -1.98. The normalized spacial score (nSPS) is 10.8. The SMILES string of the molecule is Cc1cc(CCCCO)cc(CCCCO)n1. The van der Waals surface area contributed by atoms with Crippen LogP contribution in [0.1, 0.15) is 42.6 Å². The molecule has 0 aromatic carbocycles. The minimum absolute atomic E-state index is 0.259. The molecule has 0 unspecified atom stereocenters. The van der Waals surface area contributed by atoms with Gasteiger partial charge in [0.1, 0.15) is 0 Å². The molecular formula is C14H23NO2. The van der Waals surface area contributed by atoms with E-state index in [0.717, 1.165) is 49.9 Å². The van der Waals surface area contributed by atoms with Crippen molar-refractivity contribution in [1.82, 2.24) is 4.98 Å². The monoisotopic (exact) mass is 237 g/mol. The maximum atomic E-state index is 8.76. The van der Waals surface area contributed by atoms with Gasteiger partial charge >= 0.3 is 0 Å². The van der Waals surface area contributed by atoms with Crippen LogP contribution in [-0.4, -0.2) is 28.4 Å². The van der Waals surface area contributed by atoms with Gasteiger partial charge in [-0.2, -0.15) is 0 Å². The zero-order valence-electron chi connectivity index (χ0n) is 10.7. The third kappa shape index (κ3) is 5.80. The number of pyridine rings is 1. The van der Waals surface area contributed by atoms with Gasteiger partial charge in [-0.15, -0.1) is 0 Å². The van der Waals surface area contributed by atoms with Crippen LogP contribution < -0.4 is 0 Å². The van der Waals surface area contributed by atoms with Crippen LogP contribution in [0.2, 0.25) is 0 Å². The van der Waals surface area contributed by atoms with Crippen molar-refractivity contribution in [3.8, 4) is 0 Å². The standard InChI is InChI=1S/C14H23NO2/c1-12-10-13(6-2-4-8-16)11-14(15-12)7-3-5-9-17/h10-11,16-17H,2-9H2,1H3. The van der Waals surface area contributed by atoms with Crippen LogP contribution in [0.5, 0.6) is 0 Å². The van der Waals surface area contributed by atoms with Crippen LogP contribution in [0, 0.1) is 6.92 Å². The minimum atomic E-state index is 0.259. The maximum absolute atomic E-state index is 8.76. The first-order chi connectivity index (χ1) is 8.26. The number of unbranched alkanes of at least 4 members (excludes halogenated alkanes) is 2. The second-order valence-electron chi connectivity index (χ2n) is 4.47. The Balaban J connectivity index is 2.53. The van der Waals surface area contributed by atoms with Crippen LogP contribution in [0.15, 0.2) is 12.1 Å². The van der Waals surface area contributed by atoms with Crippen LogP contribution in [0.25, 0.3) is 0 Å². The molecule has 0 radical (unpaired) electrons. The van der Waals surface area contributed by atoms with E-state index in [-0.39, 0.29) is 13.2 Å². The maximum Gasteiger partial charge on any atom is 0.0431 e. The Bertz CT molecular complexity index is 298. The van der Waals surface area contributed by atoms with Gasteiger partial charge in [-0.05, 0) is 63.1 Å². The highest BCUT2D eigenvalue weighted by atomic mass is 16.3. The fraction of sp³-hybridized carbons (Fsp3) is 0.643. The van der Waals surface area contributed by atoms with E-state index in [1.165, 1.54) is 5.56 Å². The first kappa shape index (κ1) is 14.1. The summed E-state index contributed by atoms with van der Waals surface area (Å²) in [6.07, 6.45) is 5.67. The molecule has 0 atom stereocenters. The number of aromatic nitrogens is 1. The molecular weight excluding hydrogens is 214 g/mol. The van der Waals surface area contributed by atoms with Crippen LogP contribution in [0.4, 0.5) is 0 Å². The van der Waals surface area contributed by atoms with Crippen molar-refractivity contribution in [2.24, 2.45) is 0 Å². The van der Waals surface area contributed by atoms with Gasteiger partial charge in [0, 0.05) is 24.6 Å². The number of hydrogen-bond acceptors (Lipinski definition) is 3. The van der Waals surface area contributed by atoms with E-state index in [1.54, 1.807) is 0 Å². The van der Waals surface area contributed by atoms with E-state index >= 15 is 0 Å². The first-order valence-electron chi connectivity index (χ1n) is 6.44. The number of hydrogen-bond donors (Lipinski definition) is 2. The summed E-state index contributed by atoms with van der Waals surface area (Å²) in [4.78, 5) is 4.50. The lowest BCUT2D eigenvalue weighted by atomic mass is 10.1. The van der Waals surface area contributed by atoms with Crippen molar-refractivity contribution in [3.63, 3.8) is 0 Å². The summed E-state index contributed by atoms with van der Waals surface area (Å²) < 4.78 is 0. The minimum Gasteiger partial charge on any atom is -0.396 e. The van der Waals surface area contributed by atoms with Gasteiger partial charge in [-0.3, -0.25) is 4.98 Å². The van der Waals surface area contributed by atoms with Crippen LogP contribution >= 0.6 is 0 Å². The summed E-state index contributed by atoms with van der Waals surface area (Å²) >= 11 is 0. The molecule has 1 heterocycles. The van der Waals surface area contributed by atoms with Crippen LogP contribution in [0.3, 0.4) is 0 Å². The van der Waals surface area contributed by atoms with E-state index in [2.05, 4.69) is 17.1 Å². The van der Waals surface area contributed by atoms with E-state index in [4.69, 9.17) is 10.2 Å². The lowest BCUT2D eigenvalue weighted by Gasteiger charge is -2.06. The molecule has 96 valence electrons. The molecule has 0 saturated heterocycles. The summed E-state index contributed by atoms with van der Waals surface area (Å²) in [5, 5.41) is 17.5. The Morgan fingerprint density at radius 2 is 1.59 bits per heavy atom. The number of aliphatic hydroxyl groups excluding tert-OH is 2. The van der Waals surface area contributed by atoms with Crippen molar-refractivity contribution in [3.05, 3.63) is 29.1 Å². The number of aryl methyl sites for hydroxylation is 3. The molecule has 0 spiro atoms. The molecule has 3 nitrogen and oxygen atoms in total. The molecule has 0 aliphatic carbocycles. The van der Waals surface area contributed by atoms with Crippen molar-refractivity contribution in [2.75, 3.05) is 13.2 Å². The summed E-state index contributed by atoms with van der Waals surface area (Å²) in [7, 11) is 0. The molecule has 0 saturated carbocycles. The van der Waals surface area contributed by atoms with Gasteiger partial charge in [-0.1, -0.05) is 0 Å². The summed E-state index contributed by atoms with van der Waals surface area (Å²) in [5.74, 6) is 0. The van der Waals surface area contributed by atoms with E-state index in [0.29, 0.717) is 0 Å². The highest BCUT2D eigenvalue weighted by molar-refractivity contribution is 5.21. The second-order valence-corrected chi connectivity index (χ2v) is 4.47. The molecule has 1 aromatic heterocycles. The molecule has 0 aliphatic rings. The average molecular weight is 237 g/mol. The number of nitrogens with zero attached hydrogens (tertiary/aromatic N) is 1. The summed E-state index contributed by atoms with van der Waals surface area (Å²) in [6.45, 7) is 2.55. The average Bonchev–Trinajstić information content (AvgIpc) is 2.29. The van der Waals surface area contributed by atoms with Crippen molar-refractivity contribution in [2.45, 2.75) is 45.4 Å². The van der Waals surface area contributed by atoms with Crippen molar-refractivity contribution in [1.29, 1.82) is 0 Å². The van der Waals surface area contributed by atoms with Gasteiger partial charge in [0.15, 0.2) is 0 Å². The molecule has 0 aliphatic heterocycles. The smallest absolute Gasteiger partial charge is 0.0431 e. The Morgan fingerprint density at radius 3 is 2.24 bits per heavy atom. The summed E-state index contributed by atoms with van der Waals surface area (Å²) in [5.41, 5.74) is 3.49. The number of rotatable bonds is 8. The molecule has 3 heteroatoms. The zero-order chi connectivity index (χ0) is 12.5. The highest BCUT2D eigenvalue weighted by Gasteiger charge is 2.01. The second kappa shape index (κ2) is 8.20. The summed E-state index contributed by atoms with van der Waals surface area (Å²) in [6, 6.07) is 4.27. The molecule has 1 aromatic rings. The fourth-order valence-electron chi connectivity index (χ4n) is 1.95. The molecule has 2 N–H and O–H groups in total. The molecule has 0 bridgehead atoms. The quantitative estimate of drug-likeness (QED) is 0.680. The highest BCUT2D eigenvalue weighted by Crippen LogP contribution is 2.11. The van der Waals surface area contributed by atoms with E-state index < -0.39 is 0 Å². The molecule has 1 rings (SSSR count). The molecule has 17 heavy (non-hydrogen) atoms. The van der Waals surface area contributed by atoms with Crippen LogP contribution in [-0.2, 0) is 12.8 Å². The predicted molar refractivity (Wildman–Crippen MR) is 69.0 cm³/mol. The van der Waals surface area contributed by atoms with E-state index in [9.17, 15) is 0 Å². The Morgan fingerprint density at radius 1 is 0.941 bits per heavy atom. The Hall–Kier alpha value is -0.930. The zero-order valence-corrected chi connectivity index (χ0v) is 10.7. The van der Waals surface area contributed by atoms with Crippen molar-refractivity contribution < 1.29 is 10.2 Å². The van der Waals surface area contributed by atoms with Gasteiger partial charge < -0.3 is 10.2 Å².